The Morgan fingerprint density at radius 3 is 2.62 bits per heavy atom. The summed E-state index contributed by atoms with van der Waals surface area (Å²) in [7, 11) is 1.63. The van der Waals surface area contributed by atoms with E-state index >= 15 is 0 Å². The third-order valence-electron chi connectivity index (χ3n) is 6.57. The van der Waals surface area contributed by atoms with Gasteiger partial charge in [0, 0.05) is 62.0 Å². The normalized spacial score (nSPS) is 18.8. The number of aromatic nitrogens is 1. The topological polar surface area (TPSA) is 66.0 Å². The average Bonchev–Trinajstić information content (AvgIpc) is 3.29. The minimum atomic E-state index is -0.730. The second-order valence-corrected chi connectivity index (χ2v) is 10.0. The van der Waals surface area contributed by atoms with Crippen molar-refractivity contribution in [3.63, 3.8) is 0 Å². The van der Waals surface area contributed by atoms with Gasteiger partial charge in [0.25, 0.3) is 5.91 Å². The van der Waals surface area contributed by atoms with Gasteiger partial charge in [-0.05, 0) is 56.4 Å². The van der Waals surface area contributed by atoms with E-state index in [2.05, 4.69) is 28.9 Å². The number of likely N-dealkylation sites (tertiary alicyclic amines) is 1. The van der Waals surface area contributed by atoms with E-state index < -0.39 is 5.54 Å². The molecule has 2 aromatic rings. The Morgan fingerprint density at radius 1 is 1.16 bits per heavy atom. The third-order valence-corrected chi connectivity index (χ3v) is 7.55. The Morgan fingerprint density at radius 2 is 1.97 bits per heavy atom. The highest BCUT2D eigenvalue weighted by Gasteiger charge is 2.57. The number of carbonyl (C=O) groups is 2. The van der Waals surface area contributed by atoms with E-state index in [-0.39, 0.29) is 11.9 Å². The molecule has 2 fully saturated rings. The van der Waals surface area contributed by atoms with E-state index in [9.17, 15) is 9.59 Å². The van der Waals surface area contributed by atoms with Crippen LogP contribution in [0.3, 0.4) is 0 Å². The predicted octanol–water partition coefficient (Wildman–Crippen LogP) is 3.33. The van der Waals surface area contributed by atoms with E-state index in [1.807, 2.05) is 29.7 Å². The zero-order valence-corrected chi connectivity index (χ0v) is 19.8. The second-order valence-electron chi connectivity index (χ2n) is 8.67. The Bertz CT molecular complexity index is 924. The van der Waals surface area contributed by atoms with Gasteiger partial charge in [-0.2, -0.15) is 0 Å². The van der Waals surface area contributed by atoms with Crippen molar-refractivity contribution in [2.45, 2.75) is 44.7 Å². The maximum atomic E-state index is 13.6. The number of rotatable bonds is 9. The molecular weight excluding hydrogens is 424 g/mol. The second kappa shape index (κ2) is 10.1. The summed E-state index contributed by atoms with van der Waals surface area (Å²) < 4.78 is 5.26. The summed E-state index contributed by atoms with van der Waals surface area (Å²) in [5.41, 5.74) is 0.390. The van der Waals surface area contributed by atoms with Crippen LogP contribution >= 0.6 is 11.3 Å². The first kappa shape index (κ1) is 22.9. The van der Waals surface area contributed by atoms with Gasteiger partial charge in [-0.15, -0.1) is 11.3 Å². The molecule has 172 valence electrons. The molecule has 7 nitrogen and oxygen atoms in total. The molecule has 4 heterocycles. The Balaban J connectivity index is 1.42. The van der Waals surface area contributed by atoms with Crippen molar-refractivity contribution in [3.05, 3.63) is 52.0 Å². The van der Waals surface area contributed by atoms with Gasteiger partial charge < -0.3 is 9.64 Å². The number of nitrogens with zero attached hydrogens (tertiary/aromatic N) is 4. The molecule has 0 N–H and O–H groups in total. The number of aryl methyl sites for hydroxylation is 2. The number of pyridine rings is 1. The molecule has 0 bridgehead atoms. The summed E-state index contributed by atoms with van der Waals surface area (Å²) in [5, 5.41) is 0. The maximum Gasteiger partial charge on any atom is 0.327 e. The molecule has 0 radical (unpaired) electrons. The molecule has 2 aromatic heterocycles. The molecule has 2 aliphatic heterocycles. The average molecular weight is 457 g/mol. The van der Waals surface area contributed by atoms with Crippen LogP contribution in [0.4, 0.5) is 4.79 Å². The van der Waals surface area contributed by atoms with E-state index in [4.69, 9.17) is 4.74 Å². The van der Waals surface area contributed by atoms with Crippen molar-refractivity contribution in [2.75, 3.05) is 39.9 Å². The number of amides is 3. The van der Waals surface area contributed by atoms with Crippen molar-refractivity contribution < 1.29 is 14.3 Å². The van der Waals surface area contributed by atoms with Crippen LogP contribution in [-0.4, -0.2) is 77.1 Å². The van der Waals surface area contributed by atoms with Crippen LogP contribution in [0.5, 0.6) is 0 Å². The summed E-state index contributed by atoms with van der Waals surface area (Å²) in [6, 6.07) is 8.11. The van der Waals surface area contributed by atoms with Crippen LogP contribution in [0.25, 0.3) is 0 Å². The van der Waals surface area contributed by atoms with Gasteiger partial charge in [-0.25, -0.2) is 4.79 Å². The zero-order chi connectivity index (χ0) is 22.6. The number of piperidine rings is 1. The van der Waals surface area contributed by atoms with Gasteiger partial charge in [0.1, 0.15) is 5.54 Å². The van der Waals surface area contributed by atoms with Crippen molar-refractivity contribution in [2.24, 2.45) is 0 Å². The highest BCUT2D eigenvalue weighted by atomic mass is 32.1. The molecule has 3 amide bonds. The predicted molar refractivity (Wildman–Crippen MR) is 125 cm³/mol. The number of imide groups is 1. The fraction of sp³-hybridized carbons (Fsp3) is 0.542. The summed E-state index contributed by atoms with van der Waals surface area (Å²) >= 11 is 1.82. The van der Waals surface area contributed by atoms with Crippen LogP contribution < -0.4 is 0 Å². The smallest absolute Gasteiger partial charge is 0.327 e. The van der Waals surface area contributed by atoms with Crippen LogP contribution in [0.2, 0.25) is 0 Å². The van der Waals surface area contributed by atoms with Gasteiger partial charge in [-0.3, -0.25) is 19.6 Å². The lowest BCUT2D eigenvalue weighted by Crippen LogP contribution is -2.57. The van der Waals surface area contributed by atoms with Crippen LogP contribution in [0.1, 0.15) is 34.6 Å². The molecule has 0 aromatic carbocycles. The van der Waals surface area contributed by atoms with E-state index in [1.165, 1.54) is 14.7 Å². The zero-order valence-electron chi connectivity index (χ0n) is 19.0. The Kier molecular flexibility index (Phi) is 7.23. The number of carbonyl (C=O) groups excluding carboxylic acids is 2. The molecule has 0 saturated carbocycles. The van der Waals surface area contributed by atoms with Crippen molar-refractivity contribution in [3.8, 4) is 0 Å². The van der Waals surface area contributed by atoms with Crippen LogP contribution in [-0.2, 0) is 22.5 Å². The molecule has 1 spiro atoms. The molecular formula is C24H32N4O3S. The van der Waals surface area contributed by atoms with Crippen LogP contribution in [0.15, 0.2) is 36.7 Å². The lowest BCUT2D eigenvalue weighted by Gasteiger charge is -2.42. The molecule has 32 heavy (non-hydrogen) atoms. The standard InChI is InChI=1S/C24H32N4O3S/c1-19-7-8-21(32-19)18-26-13-9-24(10-14-26)22(29)27(23(30)28(24)15-16-31-2)12-4-6-20-5-3-11-25-17-20/h3,5,7-8,11,17H,4,6,9-10,12-16,18H2,1-2H3. The number of methoxy groups -OCH3 is 1. The first-order valence-corrected chi connectivity index (χ1v) is 12.1. The maximum absolute atomic E-state index is 13.6. The number of hydrogen-bond donors (Lipinski definition) is 0. The molecule has 2 saturated heterocycles. The molecule has 0 unspecified atom stereocenters. The summed E-state index contributed by atoms with van der Waals surface area (Å²) in [4.78, 5) is 39.3. The lowest BCUT2D eigenvalue weighted by atomic mass is 9.85. The SMILES string of the molecule is COCCN1C(=O)N(CCCc2cccnc2)C(=O)C12CCN(Cc1ccc(C)s1)CC2. The van der Waals surface area contributed by atoms with E-state index in [0.29, 0.717) is 32.5 Å². The van der Waals surface area contributed by atoms with Crippen molar-refractivity contribution >= 4 is 23.3 Å². The van der Waals surface area contributed by atoms with Crippen LogP contribution in [0, 0.1) is 6.92 Å². The lowest BCUT2D eigenvalue weighted by molar-refractivity contribution is -0.136. The monoisotopic (exact) mass is 456 g/mol. The van der Waals surface area contributed by atoms with E-state index in [1.54, 1.807) is 18.2 Å². The highest BCUT2D eigenvalue weighted by Crippen LogP contribution is 2.38. The fourth-order valence-electron chi connectivity index (χ4n) is 4.81. The van der Waals surface area contributed by atoms with Gasteiger partial charge >= 0.3 is 6.03 Å². The molecule has 4 rings (SSSR count). The van der Waals surface area contributed by atoms with Gasteiger partial charge in [0.15, 0.2) is 0 Å². The van der Waals surface area contributed by atoms with Gasteiger partial charge in [-0.1, -0.05) is 6.07 Å². The largest absolute Gasteiger partial charge is 0.383 e. The molecule has 0 aliphatic carbocycles. The van der Waals surface area contributed by atoms with E-state index in [0.717, 1.165) is 38.0 Å². The number of hydrogen-bond acceptors (Lipinski definition) is 6. The fourth-order valence-corrected chi connectivity index (χ4v) is 5.75. The quantitative estimate of drug-likeness (QED) is 0.542. The van der Waals surface area contributed by atoms with Gasteiger partial charge in [0.05, 0.1) is 6.61 Å². The summed E-state index contributed by atoms with van der Waals surface area (Å²) in [5.74, 6) is -0.0311. The Labute approximate surface area is 194 Å². The highest BCUT2D eigenvalue weighted by molar-refractivity contribution is 7.11. The Hall–Kier alpha value is -2.29. The minimum absolute atomic E-state index is 0.0311. The number of urea groups is 1. The molecule has 0 atom stereocenters. The first-order valence-electron chi connectivity index (χ1n) is 11.3. The number of ether oxygens (including phenoxy) is 1. The molecule has 2 aliphatic rings. The van der Waals surface area contributed by atoms with Gasteiger partial charge in [0.2, 0.25) is 0 Å². The number of thiophene rings is 1. The summed E-state index contributed by atoms with van der Waals surface area (Å²) in [6.45, 7) is 5.97. The third kappa shape index (κ3) is 4.72. The van der Waals surface area contributed by atoms with Crippen molar-refractivity contribution in [1.82, 2.24) is 19.7 Å². The molecule has 8 heteroatoms. The first-order chi connectivity index (χ1) is 15.5. The summed E-state index contributed by atoms with van der Waals surface area (Å²) in [6.07, 6.45) is 6.46. The minimum Gasteiger partial charge on any atom is -0.383 e. The van der Waals surface area contributed by atoms with Crippen molar-refractivity contribution in [1.29, 1.82) is 0 Å².